The zero-order valence-electron chi connectivity index (χ0n) is 6.37. The summed E-state index contributed by atoms with van der Waals surface area (Å²) in [7, 11) is 1.50. The summed E-state index contributed by atoms with van der Waals surface area (Å²) < 4.78 is 0. The van der Waals surface area contributed by atoms with E-state index in [0.717, 1.165) is 0 Å². The van der Waals surface area contributed by atoms with Gasteiger partial charge >= 0.3 is 0 Å². The summed E-state index contributed by atoms with van der Waals surface area (Å²) in [4.78, 5) is 0. The van der Waals surface area contributed by atoms with Gasteiger partial charge in [0.1, 0.15) is 0 Å². The number of benzene rings is 1. The van der Waals surface area contributed by atoms with Gasteiger partial charge in [0.2, 0.25) is 0 Å². The first-order valence-electron chi connectivity index (χ1n) is 2.99. The molecule has 0 heterocycles. The molecule has 0 unspecified atom stereocenters. The van der Waals surface area contributed by atoms with E-state index < -0.39 is 0 Å². The fourth-order valence-corrected chi connectivity index (χ4v) is 0.534. The molecule has 1 rings (SSSR count). The zero-order chi connectivity index (χ0) is 7.11. The molecule has 0 aromatic heterocycles. The van der Waals surface area contributed by atoms with Crippen LogP contribution in [0, 0.1) is 6.92 Å². The number of rotatable bonds is 0. The van der Waals surface area contributed by atoms with Crippen molar-refractivity contribution >= 4 is 24.0 Å². The molecule has 0 saturated heterocycles. The first kappa shape index (κ1) is 12.6. The molecular formula is C8H14IN. The molecule has 0 bridgehead atoms. The van der Waals surface area contributed by atoms with E-state index in [-0.39, 0.29) is 24.0 Å². The first-order chi connectivity index (χ1) is 4.39. The van der Waals surface area contributed by atoms with E-state index in [9.17, 15) is 0 Å². The van der Waals surface area contributed by atoms with Gasteiger partial charge in [0.05, 0.1) is 0 Å². The van der Waals surface area contributed by atoms with E-state index in [1.54, 1.807) is 0 Å². The molecule has 58 valence electrons. The summed E-state index contributed by atoms with van der Waals surface area (Å²) in [6, 6.07) is 10.3. The molecule has 1 aromatic rings. The summed E-state index contributed by atoms with van der Waals surface area (Å²) >= 11 is 0. The summed E-state index contributed by atoms with van der Waals surface area (Å²) in [5, 5.41) is 0. The fraction of sp³-hybridized carbons (Fsp3) is 0.250. The van der Waals surface area contributed by atoms with Crippen molar-refractivity contribution in [3.63, 3.8) is 0 Å². The third kappa shape index (κ3) is 6.04. The summed E-state index contributed by atoms with van der Waals surface area (Å²) in [5.41, 5.74) is 5.82. The molecule has 2 heteroatoms. The van der Waals surface area contributed by atoms with Crippen LogP contribution in [0.4, 0.5) is 0 Å². The third-order valence-corrected chi connectivity index (χ3v) is 0.940. The van der Waals surface area contributed by atoms with E-state index in [4.69, 9.17) is 0 Å². The van der Waals surface area contributed by atoms with E-state index in [2.05, 4.69) is 24.8 Å². The van der Waals surface area contributed by atoms with Crippen LogP contribution in [0.25, 0.3) is 0 Å². The molecule has 0 aliphatic heterocycles. The molecule has 0 amide bonds. The molecule has 2 N–H and O–H groups in total. The lowest BCUT2D eigenvalue weighted by atomic mass is 10.2. The Morgan fingerprint density at radius 3 is 1.60 bits per heavy atom. The molecule has 1 aromatic carbocycles. The SMILES string of the molecule is CN.Cc1ccccc1.I. The van der Waals surface area contributed by atoms with E-state index in [1.807, 2.05) is 18.2 Å². The zero-order valence-corrected chi connectivity index (χ0v) is 8.70. The van der Waals surface area contributed by atoms with Crippen molar-refractivity contribution < 1.29 is 0 Å². The molecule has 1 nitrogen and oxygen atoms in total. The number of nitrogens with two attached hydrogens (primary N) is 1. The van der Waals surface area contributed by atoms with Crippen molar-refractivity contribution in [2.45, 2.75) is 6.92 Å². The number of hydrogen-bond acceptors (Lipinski definition) is 1. The van der Waals surface area contributed by atoms with Crippen LogP contribution in [0.1, 0.15) is 5.56 Å². The smallest absolute Gasteiger partial charge is 0.0195 e. The lowest BCUT2D eigenvalue weighted by molar-refractivity contribution is 1.48. The lowest BCUT2D eigenvalue weighted by Gasteiger charge is -1.82. The Balaban J connectivity index is 0. The predicted octanol–water partition coefficient (Wildman–Crippen LogP) is 2.19. The van der Waals surface area contributed by atoms with Gasteiger partial charge in [-0.05, 0) is 14.0 Å². The van der Waals surface area contributed by atoms with Crippen LogP contribution < -0.4 is 5.73 Å². The fourth-order valence-electron chi connectivity index (χ4n) is 0.534. The molecule has 0 fully saturated rings. The average Bonchev–Trinajstić information content (AvgIpc) is 1.94. The van der Waals surface area contributed by atoms with Gasteiger partial charge < -0.3 is 5.73 Å². The Kier molecular flexibility index (Phi) is 11.2. The summed E-state index contributed by atoms with van der Waals surface area (Å²) in [5.74, 6) is 0. The van der Waals surface area contributed by atoms with Gasteiger partial charge in [-0.3, -0.25) is 0 Å². The topological polar surface area (TPSA) is 26.0 Å². The minimum atomic E-state index is 0. The van der Waals surface area contributed by atoms with Crippen molar-refractivity contribution in [2.75, 3.05) is 7.05 Å². The maximum absolute atomic E-state index is 4.50. The summed E-state index contributed by atoms with van der Waals surface area (Å²) in [6.07, 6.45) is 0. The minimum absolute atomic E-state index is 0. The van der Waals surface area contributed by atoms with Crippen LogP contribution in [-0.2, 0) is 0 Å². The Morgan fingerprint density at radius 1 is 1.00 bits per heavy atom. The molecule has 0 aliphatic rings. The highest BCUT2D eigenvalue weighted by molar-refractivity contribution is 14.0. The predicted molar refractivity (Wildman–Crippen MR) is 56.7 cm³/mol. The van der Waals surface area contributed by atoms with Crippen molar-refractivity contribution in [3.05, 3.63) is 35.9 Å². The van der Waals surface area contributed by atoms with Gasteiger partial charge in [-0.2, -0.15) is 0 Å². The normalized spacial score (nSPS) is 6.70. The minimum Gasteiger partial charge on any atom is -0.333 e. The molecular weight excluding hydrogens is 237 g/mol. The second-order valence-electron chi connectivity index (χ2n) is 1.65. The average molecular weight is 251 g/mol. The maximum Gasteiger partial charge on any atom is -0.0195 e. The molecule has 10 heavy (non-hydrogen) atoms. The Labute approximate surface area is 79.7 Å². The van der Waals surface area contributed by atoms with Crippen LogP contribution in [0.5, 0.6) is 0 Å². The Bertz CT molecular complexity index is 139. The van der Waals surface area contributed by atoms with Crippen molar-refractivity contribution in [1.82, 2.24) is 0 Å². The van der Waals surface area contributed by atoms with Crippen LogP contribution in [0.15, 0.2) is 30.3 Å². The van der Waals surface area contributed by atoms with Crippen molar-refractivity contribution in [1.29, 1.82) is 0 Å². The van der Waals surface area contributed by atoms with Crippen molar-refractivity contribution in [2.24, 2.45) is 5.73 Å². The van der Waals surface area contributed by atoms with E-state index >= 15 is 0 Å². The standard InChI is InChI=1S/C7H8.CH5N.HI/c1-7-5-3-2-4-6-7;1-2;/h2-6H,1H3;2H2,1H3;1H. The van der Waals surface area contributed by atoms with Gasteiger partial charge in [-0.25, -0.2) is 0 Å². The third-order valence-electron chi connectivity index (χ3n) is 0.940. The van der Waals surface area contributed by atoms with Crippen LogP contribution in [0.3, 0.4) is 0 Å². The molecule has 0 aliphatic carbocycles. The van der Waals surface area contributed by atoms with Crippen LogP contribution in [0.2, 0.25) is 0 Å². The van der Waals surface area contributed by atoms with Gasteiger partial charge in [0.25, 0.3) is 0 Å². The highest BCUT2D eigenvalue weighted by Crippen LogP contribution is 1.92. The quantitative estimate of drug-likeness (QED) is 0.703. The Morgan fingerprint density at radius 2 is 1.40 bits per heavy atom. The van der Waals surface area contributed by atoms with E-state index in [0.29, 0.717) is 0 Å². The highest BCUT2D eigenvalue weighted by Gasteiger charge is 1.72. The molecule has 0 saturated carbocycles. The van der Waals surface area contributed by atoms with E-state index in [1.165, 1.54) is 12.6 Å². The van der Waals surface area contributed by atoms with Gasteiger partial charge in [-0.15, -0.1) is 24.0 Å². The lowest BCUT2D eigenvalue weighted by Crippen LogP contribution is -1.69. The van der Waals surface area contributed by atoms with Crippen LogP contribution >= 0.6 is 24.0 Å². The highest BCUT2D eigenvalue weighted by atomic mass is 127. The maximum atomic E-state index is 4.50. The molecule has 0 spiro atoms. The number of hydrogen-bond donors (Lipinski definition) is 1. The van der Waals surface area contributed by atoms with Gasteiger partial charge in [-0.1, -0.05) is 35.9 Å². The second kappa shape index (κ2) is 8.91. The number of halogens is 1. The van der Waals surface area contributed by atoms with Gasteiger partial charge in [0, 0.05) is 0 Å². The number of aryl methyl sites for hydroxylation is 1. The largest absolute Gasteiger partial charge is 0.333 e. The molecule has 0 radical (unpaired) electrons. The first-order valence-corrected chi connectivity index (χ1v) is 2.99. The van der Waals surface area contributed by atoms with Crippen LogP contribution in [-0.4, -0.2) is 7.05 Å². The monoisotopic (exact) mass is 251 g/mol. The summed E-state index contributed by atoms with van der Waals surface area (Å²) in [6.45, 7) is 2.08. The Hall–Kier alpha value is -0.0900. The van der Waals surface area contributed by atoms with Crippen molar-refractivity contribution in [3.8, 4) is 0 Å². The second-order valence-corrected chi connectivity index (χ2v) is 1.65. The molecule has 0 atom stereocenters. The van der Waals surface area contributed by atoms with Gasteiger partial charge in [0.15, 0.2) is 0 Å².